The minimum Gasteiger partial charge on any atom is -0.398 e. The van der Waals surface area contributed by atoms with E-state index in [2.05, 4.69) is 19.9 Å². The SMILES string of the molecule is CC1(c2ccc(N)c(C3(C)CO3)c2)CO1. The molecular weight excluding hydrogens is 190 g/mol. The summed E-state index contributed by atoms with van der Waals surface area (Å²) in [4.78, 5) is 0. The molecule has 0 saturated carbocycles. The molecule has 2 aliphatic rings. The predicted molar refractivity (Wildman–Crippen MR) is 57.5 cm³/mol. The Morgan fingerprint density at radius 2 is 1.73 bits per heavy atom. The van der Waals surface area contributed by atoms with Crippen LogP contribution in [0.25, 0.3) is 0 Å². The average molecular weight is 205 g/mol. The van der Waals surface area contributed by atoms with Crippen LogP contribution in [0, 0.1) is 0 Å². The standard InChI is InChI=1S/C12H15NO2/c1-11(6-14-11)8-3-4-10(13)9(5-8)12(2)7-15-12/h3-5H,6-7,13H2,1-2H3. The van der Waals surface area contributed by atoms with Crippen LogP contribution in [0.4, 0.5) is 5.69 Å². The largest absolute Gasteiger partial charge is 0.398 e. The molecule has 2 heterocycles. The van der Waals surface area contributed by atoms with Crippen molar-refractivity contribution in [2.45, 2.75) is 25.0 Å². The van der Waals surface area contributed by atoms with Crippen LogP contribution in [-0.2, 0) is 20.7 Å². The van der Waals surface area contributed by atoms with Gasteiger partial charge in [-0.1, -0.05) is 6.07 Å². The van der Waals surface area contributed by atoms with Crippen LogP contribution in [0.5, 0.6) is 0 Å². The first kappa shape index (κ1) is 9.19. The molecule has 3 rings (SSSR count). The van der Waals surface area contributed by atoms with Gasteiger partial charge in [0, 0.05) is 11.3 Å². The second-order valence-electron chi connectivity index (χ2n) is 4.84. The van der Waals surface area contributed by atoms with Gasteiger partial charge in [0.25, 0.3) is 0 Å². The van der Waals surface area contributed by atoms with Crippen LogP contribution in [0.3, 0.4) is 0 Å². The number of hydrogen-bond donors (Lipinski definition) is 1. The first-order valence-corrected chi connectivity index (χ1v) is 5.22. The molecule has 2 unspecified atom stereocenters. The summed E-state index contributed by atoms with van der Waals surface area (Å²) >= 11 is 0. The summed E-state index contributed by atoms with van der Waals surface area (Å²) in [6, 6.07) is 6.11. The summed E-state index contributed by atoms with van der Waals surface area (Å²) in [5.41, 5.74) is 8.81. The lowest BCUT2D eigenvalue weighted by atomic mass is 9.93. The normalized spacial score (nSPS) is 37.7. The number of ether oxygens (including phenoxy) is 2. The summed E-state index contributed by atoms with van der Waals surface area (Å²) in [6.07, 6.45) is 0. The van der Waals surface area contributed by atoms with E-state index in [1.165, 1.54) is 5.56 Å². The van der Waals surface area contributed by atoms with Gasteiger partial charge in [0.2, 0.25) is 0 Å². The Kier molecular flexibility index (Phi) is 1.56. The Labute approximate surface area is 89.2 Å². The molecule has 0 aromatic heterocycles. The third kappa shape index (κ3) is 1.34. The van der Waals surface area contributed by atoms with E-state index >= 15 is 0 Å². The third-order valence-corrected chi connectivity index (χ3v) is 3.39. The topological polar surface area (TPSA) is 51.1 Å². The Morgan fingerprint density at radius 1 is 1.13 bits per heavy atom. The Balaban J connectivity index is 2.06. The van der Waals surface area contributed by atoms with Gasteiger partial charge in [-0.25, -0.2) is 0 Å². The lowest BCUT2D eigenvalue weighted by molar-refractivity contribution is 0.323. The molecule has 1 aromatic rings. The highest BCUT2D eigenvalue weighted by Crippen LogP contribution is 2.45. The molecule has 15 heavy (non-hydrogen) atoms. The van der Waals surface area contributed by atoms with Crippen LogP contribution in [0.2, 0.25) is 0 Å². The van der Waals surface area contributed by atoms with Gasteiger partial charge in [-0.3, -0.25) is 0 Å². The van der Waals surface area contributed by atoms with Crippen LogP contribution < -0.4 is 5.73 Å². The second-order valence-corrected chi connectivity index (χ2v) is 4.84. The van der Waals surface area contributed by atoms with Crippen molar-refractivity contribution in [1.82, 2.24) is 0 Å². The molecule has 2 aliphatic heterocycles. The van der Waals surface area contributed by atoms with E-state index in [1.807, 2.05) is 12.1 Å². The molecule has 2 saturated heterocycles. The summed E-state index contributed by atoms with van der Waals surface area (Å²) in [7, 11) is 0. The van der Waals surface area contributed by atoms with Crippen LogP contribution in [0.15, 0.2) is 18.2 Å². The van der Waals surface area contributed by atoms with Gasteiger partial charge in [0.15, 0.2) is 0 Å². The number of benzene rings is 1. The number of hydrogen-bond acceptors (Lipinski definition) is 3. The highest BCUT2D eigenvalue weighted by atomic mass is 16.6. The highest BCUT2D eigenvalue weighted by molar-refractivity contribution is 5.54. The van der Waals surface area contributed by atoms with E-state index in [4.69, 9.17) is 15.2 Å². The molecular formula is C12H15NO2. The molecule has 0 spiro atoms. The van der Waals surface area contributed by atoms with E-state index in [0.717, 1.165) is 24.5 Å². The summed E-state index contributed by atoms with van der Waals surface area (Å²) in [5, 5.41) is 0. The molecule has 0 aliphatic carbocycles. The van der Waals surface area contributed by atoms with E-state index in [1.54, 1.807) is 0 Å². The van der Waals surface area contributed by atoms with Gasteiger partial charge in [-0.05, 0) is 31.5 Å². The number of rotatable bonds is 2. The smallest absolute Gasteiger partial charge is 0.116 e. The Bertz CT molecular complexity index is 420. The number of nitrogen functional groups attached to an aromatic ring is 1. The maximum absolute atomic E-state index is 5.96. The molecule has 0 amide bonds. The molecule has 0 bridgehead atoms. The fourth-order valence-electron chi connectivity index (χ4n) is 1.88. The summed E-state index contributed by atoms with van der Waals surface area (Å²) in [5.74, 6) is 0. The van der Waals surface area contributed by atoms with E-state index in [0.29, 0.717) is 0 Å². The maximum Gasteiger partial charge on any atom is 0.116 e. The van der Waals surface area contributed by atoms with Crippen molar-refractivity contribution in [3.8, 4) is 0 Å². The second kappa shape index (κ2) is 2.54. The first-order valence-electron chi connectivity index (χ1n) is 5.22. The molecule has 2 atom stereocenters. The predicted octanol–water partition coefficient (Wildman–Crippen LogP) is 1.76. The van der Waals surface area contributed by atoms with Gasteiger partial charge in [-0.15, -0.1) is 0 Å². The number of anilines is 1. The fraction of sp³-hybridized carbons (Fsp3) is 0.500. The van der Waals surface area contributed by atoms with Crippen molar-refractivity contribution < 1.29 is 9.47 Å². The lowest BCUT2D eigenvalue weighted by Gasteiger charge is -2.13. The molecule has 2 fully saturated rings. The Hall–Kier alpha value is -1.06. The van der Waals surface area contributed by atoms with Crippen LogP contribution >= 0.6 is 0 Å². The van der Waals surface area contributed by atoms with Gasteiger partial charge in [0.1, 0.15) is 11.2 Å². The number of nitrogens with two attached hydrogens (primary N) is 1. The molecule has 80 valence electrons. The lowest BCUT2D eigenvalue weighted by Crippen LogP contribution is -2.10. The van der Waals surface area contributed by atoms with Crippen molar-refractivity contribution in [3.63, 3.8) is 0 Å². The molecule has 2 N–H and O–H groups in total. The summed E-state index contributed by atoms with van der Waals surface area (Å²) in [6.45, 7) is 5.73. The number of epoxide rings is 2. The van der Waals surface area contributed by atoms with Crippen molar-refractivity contribution in [3.05, 3.63) is 29.3 Å². The quantitative estimate of drug-likeness (QED) is 0.591. The van der Waals surface area contributed by atoms with E-state index in [9.17, 15) is 0 Å². The Morgan fingerprint density at radius 3 is 2.27 bits per heavy atom. The van der Waals surface area contributed by atoms with Crippen molar-refractivity contribution >= 4 is 5.69 Å². The van der Waals surface area contributed by atoms with Gasteiger partial charge in [0.05, 0.1) is 13.2 Å². The highest BCUT2D eigenvalue weighted by Gasteiger charge is 2.45. The maximum atomic E-state index is 5.96. The van der Waals surface area contributed by atoms with Crippen molar-refractivity contribution in [1.29, 1.82) is 0 Å². The molecule has 0 radical (unpaired) electrons. The van der Waals surface area contributed by atoms with Crippen molar-refractivity contribution in [2.75, 3.05) is 18.9 Å². The van der Waals surface area contributed by atoms with Crippen LogP contribution in [-0.4, -0.2) is 13.2 Å². The van der Waals surface area contributed by atoms with Crippen LogP contribution in [0.1, 0.15) is 25.0 Å². The average Bonchev–Trinajstić information content (AvgIpc) is 3.08. The molecule has 3 nitrogen and oxygen atoms in total. The summed E-state index contributed by atoms with van der Waals surface area (Å²) < 4.78 is 10.9. The minimum atomic E-state index is -0.161. The monoisotopic (exact) mass is 205 g/mol. The zero-order chi connectivity index (χ0) is 10.7. The molecule has 1 aromatic carbocycles. The van der Waals surface area contributed by atoms with E-state index in [-0.39, 0.29) is 11.2 Å². The first-order chi connectivity index (χ1) is 7.04. The van der Waals surface area contributed by atoms with Gasteiger partial charge in [-0.2, -0.15) is 0 Å². The van der Waals surface area contributed by atoms with E-state index < -0.39 is 0 Å². The van der Waals surface area contributed by atoms with Crippen molar-refractivity contribution in [2.24, 2.45) is 0 Å². The van der Waals surface area contributed by atoms with Gasteiger partial charge < -0.3 is 15.2 Å². The van der Waals surface area contributed by atoms with Gasteiger partial charge >= 0.3 is 0 Å². The minimum absolute atomic E-state index is 0.0896. The molecule has 3 heteroatoms. The third-order valence-electron chi connectivity index (χ3n) is 3.39. The fourth-order valence-corrected chi connectivity index (χ4v) is 1.88. The zero-order valence-corrected chi connectivity index (χ0v) is 9.04. The zero-order valence-electron chi connectivity index (χ0n) is 9.04.